The molecule has 1 saturated carbocycles. The molecular weight excluding hydrogens is 521 g/mol. The molecule has 3 heterocycles. The van der Waals surface area contributed by atoms with Crippen LogP contribution in [0, 0.1) is 28.8 Å². The van der Waals surface area contributed by atoms with Gasteiger partial charge < -0.3 is 25.0 Å². The Morgan fingerprint density at radius 1 is 0.975 bits per heavy atom. The van der Waals surface area contributed by atoms with Crippen LogP contribution in [0.4, 0.5) is 24.5 Å². The van der Waals surface area contributed by atoms with Gasteiger partial charge in [0.15, 0.2) is 11.6 Å². The first-order valence-corrected chi connectivity index (χ1v) is 14.4. The number of nitrogens with zero attached hydrogens (tertiary/aromatic N) is 3. The average Bonchev–Trinajstić information content (AvgIpc) is 3.47. The molecule has 2 N–H and O–H groups in total. The van der Waals surface area contributed by atoms with Gasteiger partial charge in [0.1, 0.15) is 17.4 Å². The van der Waals surface area contributed by atoms with Gasteiger partial charge in [0, 0.05) is 69.6 Å². The lowest BCUT2D eigenvalue weighted by Gasteiger charge is -2.55. The zero-order chi connectivity index (χ0) is 28.0. The Morgan fingerprint density at radius 2 is 1.68 bits per heavy atom. The number of phenols is 1. The van der Waals surface area contributed by atoms with Crippen molar-refractivity contribution in [3.8, 4) is 11.5 Å². The first-order valence-electron chi connectivity index (χ1n) is 14.4. The molecule has 1 aliphatic carbocycles. The van der Waals surface area contributed by atoms with Gasteiger partial charge in [-0.15, -0.1) is 0 Å². The van der Waals surface area contributed by atoms with Gasteiger partial charge in [0.25, 0.3) is 0 Å². The minimum atomic E-state index is -1.15. The zero-order valence-electron chi connectivity index (χ0n) is 22.9. The van der Waals surface area contributed by atoms with Crippen LogP contribution in [0.5, 0.6) is 11.5 Å². The van der Waals surface area contributed by atoms with Gasteiger partial charge in [0.2, 0.25) is 5.91 Å². The van der Waals surface area contributed by atoms with Crippen molar-refractivity contribution in [2.75, 3.05) is 62.7 Å². The van der Waals surface area contributed by atoms with Crippen molar-refractivity contribution < 1.29 is 27.8 Å². The van der Waals surface area contributed by atoms with Gasteiger partial charge in [-0.05, 0) is 37.7 Å². The molecule has 1 amide bonds. The van der Waals surface area contributed by atoms with E-state index in [4.69, 9.17) is 4.74 Å². The molecule has 1 spiro atoms. The molecule has 3 saturated heterocycles. The minimum absolute atomic E-state index is 0.247. The maximum absolute atomic E-state index is 15.9. The lowest BCUT2D eigenvalue weighted by atomic mass is 9.66. The Bertz CT molecular complexity index is 1270. The average molecular weight is 559 g/mol. The summed E-state index contributed by atoms with van der Waals surface area (Å²) < 4.78 is 50.1. The maximum atomic E-state index is 15.9. The van der Waals surface area contributed by atoms with Crippen molar-refractivity contribution in [1.82, 2.24) is 10.2 Å². The van der Waals surface area contributed by atoms with Crippen LogP contribution in [0.1, 0.15) is 50.1 Å². The third kappa shape index (κ3) is 4.59. The van der Waals surface area contributed by atoms with Crippen molar-refractivity contribution in [2.45, 2.75) is 44.6 Å². The summed E-state index contributed by atoms with van der Waals surface area (Å²) in [5.41, 5.74) is -0.164. The van der Waals surface area contributed by atoms with Crippen LogP contribution in [0.3, 0.4) is 0 Å². The highest BCUT2D eigenvalue weighted by Gasteiger charge is 2.63. The Labute approximate surface area is 232 Å². The second-order valence-electron chi connectivity index (χ2n) is 11.7. The summed E-state index contributed by atoms with van der Waals surface area (Å²) in [5.74, 6) is -2.58. The van der Waals surface area contributed by atoms with Crippen LogP contribution in [0.2, 0.25) is 0 Å². The van der Waals surface area contributed by atoms with Crippen molar-refractivity contribution in [2.24, 2.45) is 11.3 Å². The standard InChI is InChI=1S/C30H37F3N4O3/c1-40-26-17-24(36-10-4-19(5-11-36)18-35-12-8-34-9-13-35)22(32)16-21(26)28-30(6-2-3-7-30)29(39)37(28)25-15-20(31)14-23(33)27(25)38/h14-17,19,28,34,38H,2-13,18H2,1H3/t28-/m0/s1. The fourth-order valence-electron chi connectivity index (χ4n) is 7.38. The molecular formula is C30H37F3N4O3. The van der Waals surface area contributed by atoms with E-state index in [-0.39, 0.29) is 11.6 Å². The number of methoxy groups -OCH3 is 1. The van der Waals surface area contributed by atoms with E-state index >= 15 is 4.39 Å². The number of amides is 1. The van der Waals surface area contributed by atoms with Crippen molar-refractivity contribution >= 4 is 17.3 Å². The first kappa shape index (κ1) is 27.2. The van der Waals surface area contributed by atoms with Gasteiger partial charge in [-0.1, -0.05) is 12.8 Å². The number of carbonyl (C=O) groups is 1. The van der Waals surface area contributed by atoms with Crippen LogP contribution in [0.15, 0.2) is 24.3 Å². The van der Waals surface area contributed by atoms with Crippen LogP contribution >= 0.6 is 0 Å². The van der Waals surface area contributed by atoms with Gasteiger partial charge in [-0.3, -0.25) is 9.69 Å². The second-order valence-corrected chi connectivity index (χ2v) is 11.7. The van der Waals surface area contributed by atoms with Crippen LogP contribution in [0.25, 0.3) is 0 Å². The number of hydrogen-bond acceptors (Lipinski definition) is 6. The largest absolute Gasteiger partial charge is 0.503 e. The molecule has 0 unspecified atom stereocenters. The molecule has 0 aromatic heterocycles. The van der Waals surface area contributed by atoms with Crippen molar-refractivity contribution in [1.29, 1.82) is 0 Å². The topological polar surface area (TPSA) is 68.3 Å². The zero-order valence-corrected chi connectivity index (χ0v) is 22.9. The summed E-state index contributed by atoms with van der Waals surface area (Å²) in [4.78, 5) is 19.3. The molecule has 1 atom stereocenters. The number of β-lactam (4-membered cyclic amide) rings is 1. The number of ether oxygens (including phenoxy) is 1. The minimum Gasteiger partial charge on any atom is -0.503 e. The smallest absolute Gasteiger partial charge is 0.236 e. The molecule has 2 aromatic rings. The molecule has 4 aliphatic rings. The predicted octanol–water partition coefficient (Wildman–Crippen LogP) is 4.59. The number of hydrogen-bond donors (Lipinski definition) is 2. The highest BCUT2D eigenvalue weighted by Crippen LogP contribution is 2.62. The molecule has 2 aromatic carbocycles. The van der Waals surface area contributed by atoms with E-state index in [1.165, 1.54) is 18.1 Å². The van der Waals surface area contributed by atoms with Gasteiger partial charge >= 0.3 is 0 Å². The normalized spacial score (nSPS) is 23.6. The molecule has 3 aliphatic heterocycles. The van der Waals surface area contributed by atoms with E-state index < -0.39 is 34.7 Å². The molecule has 216 valence electrons. The molecule has 40 heavy (non-hydrogen) atoms. The highest BCUT2D eigenvalue weighted by atomic mass is 19.1. The van der Waals surface area contributed by atoms with E-state index in [1.807, 2.05) is 0 Å². The van der Waals surface area contributed by atoms with E-state index in [0.717, 1.165) is 77.6 Å². The molecule has 7 nitrogen and oxygen atoms in total. The Kier molecular flexibility index (Phi) is 7.33. The van der Waals surface area contributed by atoms with E-state index in [0.29, 0.717) is 41.8 Å². The SMILES string of the molecule is COc1cc(N2CCC(CN3CCNCC3)CC2)c(F)cc1[C@@H]1N(c2cc(F)cc(F)c2O)C(=O)C12CCCC2. The summed E-state index contributed by atoms with van der Waals surface area (Å²) in [5, 5.41) is 13.8. The lowest BCUT2D eigenvalue weighted by molar-refractivity contribution is -0.139. The highest BCUT2D eigenvalue weighted by molar-refractivity contribution is 6.07. The number of halogens is 3. The maximum Gasteiger partial charge on any atom is 0.236 e. The second kappa shape index (κ2) is 10.8. The molecule has 0 radical (unpaired) electrons. The van der Waals surface area contributed by atoms with Crippen molar-refractivity contribution in [3.05, 3.63) is 47.3 Å². The summed E-state index contributed by atoms with van der Waals surface area (Å²) in [6, 6.07) is 3.92. The quantitative estimate of drug-likeness (QED) is 0.506. The number of piperazine rings is 1. The lowest BCUT2D eigenvalue weighted by Crippen LogP contribution is -2.62. The Morgan fingerprint density at radius 3 is 2.35 bits per heavy atom. The van der Waals surface area contributed by atoms with E-state index in [2.05, 4.69) is 15.1 Å². The summed E-state index contributed by atoms with van der Waals surface area (Å²) in [6.07, 6.45) is 4.77. The Hall–Kier alpha value is -2.98. The molecule has 4 fully saturated rings. The van der Waals surface area contributed by atoms with E-state index in [9.17, 15) is 18.7 Å². The van der Waals surface area contributed by atoms with Crippen LogP contribution < -0.4 is 19.9 Å². The number of aromatic hydroxyl groups is 1. The summed E-state index contributed by atoms with van der Waals surface area (Å²) in [6.45, 7) is 6.73. The number of phenolic OH excluding ortho intramolecular Hbond substituents is 1. The fourth-order valence-corrected chi connectivity index (χ4v) is 7.38. The monoisotopic (exact) mass is 558 g/mol. The number of rotatable bonds is 6. The molecule has 0 bridgehead atoms. The Balaban J connectivity index is 1.28. The molecule has 10 heteroatoms. The van der Waals surface area contributed by atoms with Crippen LogP contribution in [-0.4, -0.2) is 68.8 Å². The number of nitrogens with one attached hydrogen (secondary N) is 1. The third-order valence-electron chi connectivity index (χ3n) is 9.46. The number of piperidine rings is 1. The van der Waals surface area contributed by atoms with Gasteiger partial charge in [-0.2, -0.15) is 0 Å². The summed E-state index contributed by atoms with van der Waals surface area (Å²) >= 11 is 0. The number of carbonyl (C=O) groups excluding carboxylic acids is 1. The number of benzene rings is 2. The first-order chi connectivity index (χ1) is 19.3. The molecule has 6 rings (SSSR count). The fraction of sp³-hybridized carbons (Fsp3) is 0.567. The van der Waals surface area contributed by atoms with Gasteiger partial charge in [-0.25, -0.2) is 13.2 Å². The van der Waals surface area contributed by atoms with Gasteiger partial charge in [0.05, 0.1) is 29.9 Å². The van der Waals surface area contributed by atoms with E-state index in [1.54, 1.807) is 6.07 Å². The third-order valence-corrected chi connectivity index (χ3v) is 9.46. The van der Waals surface area contributed by atoms with Crippen LogP contribution in [-0.2, 0) is 4.79 Å². The summed E-state index contributed by atoms with van der Waals surface area (Å²) in [7, 11) is 1.51. The van der Waals surface area contributed by atoms with Crippen molar-refractivity contribution in [3.63, 3.8) is 0 Å². The predicted molar refractivity (Wildman–Crippen MR) is 146 cm³/mol. The number of anilines is 2.